The molecule has 2 heterocycles. The van der Waals surface area contributed by atoms with E-state index in [0.717, 1.165) is 45.4 Å². The highest BCUT2D eigenvalue weighted by Crippen LogP contribution is 2.39. The summed E-state index contributed by atoms with van der Waals surface area (Å²) in [4.78, 5) is 24.7. The van der Waals surface area contributed by atoms with Gasteiger partial charge >= 0.3 is 0 Å². The van der Waals surface area contributed by atoms with Crippen LogP contribution in [0.25, 0.3) is 0 Å². The van der Waals surface area contributed by atoms with Crippen molar-refractivity contribution in [3.63, 3.8) is 0 Å². The van der Waals surface area contributed by atoms with E-state index in [0.29, 0.717) is 5.56 Å². The maximum atomic E-state index is 12.5. The molecular formula is C15H19N3O3. The van der Waals surface area contributed by atoms with Crippen LogP contribution in [0, 0.1) is 15.5 Å². The van der Waals surface area contributed by atoms with Gasteiger partial charge in [0.2, 0.25) is 0 Å². The van der Waals surface area contributed by atoms with E-state index in [2.05, 4.69) is 5.32 Å². The molecule has 0 atom stereocenters. The number of amides is 1. The van der Waals surface area contributed by atoms with Crippen molar-refractivity contribution in [3.05, 3.63) is 39.9 Å². The van der Waals surface area contributed by atoms with E-state index < -0.39 is 4.92 Å². The zero-order chi connectivity index (χ0) is 14.9. The van der Waals surface area contributed by atoms with Gasteiger partial charge in [0.25, 0.3) is 11.6 Å². The predicted molar refractivity (Wildman–Crippen MR) is 78.2 cm³/mol. The fourth-order valence-electron chi connectivity index (χ4n) is 3.41. The minimum absolute atomic E-state index is 0.0309. The second-order valence-corrected chi connectivity index (χ2v) is 6.03. The van der Waals surface area contributed by atoms with Crippen molar-refractivity contribution in [1.82, 2.24) is 10.2 Å². The van der Waals surface area contributed by atoms with Crippen molar-refractivity contribution in [3.8, 4) is 0 Å². The third-order valence-corrected chi connectivity index (χ3v) is 4.69. The first kappa shape index (κ1) is 14.0. The molecule has 1 N–H and O–H groups in total. The smallest absolute Gasteiger partial charge is 0.270 e. The lowest BCUT2D eigenvalue weighted by molar-refractivity contribution is -0.384. The number of nitrogens with zero attached hydrogens (tertiary/aromatic N) is 2. The molecule has 0 bridgehead atoms. The van der Waals surface area contributed by atoms with Crippen LogP contribution in [-0.4, -0.2) is 41.9 Å². The normalized spacial score (nSPS) is 20.7. The lowest BCUT2D eigenvalue weighted by Crippen LogP contribution is -2.39. The predicted octanol–water partition coefficient (Wildman–Crippen LogP) is 1.81. The van der Waals surface area contributed by atoms with Gasteiger partial charge in [-0.25, -0.2) is 0 Å². The minimum atomic E-state index is -0.463. The Hall–Kier alpha value is -1.95. The summed E-state index contributed by atoms with van der Waals surface area (Å²) < 4.78 is 0. The number of carbonyl (C=O) groups is 1. The molecule has 6 nitrogen and oxygen atoms in total. The van der Waals surface area contributed by atoms with Crippen LogP contribution in [0.3, 0.4) is 0 Å². The fraction of sp³-hybridized carbons (Fsp3) is 0.533. The number of non-ortho nitro benzene ring substituents is 1. The van der Waals surface area contributed by atoms with Gasteiger partial charge in [0, 0.05) is 30.8 Å². The Morgan fingerprint density at radius 1 is 1.29 bits per heavy atom. The quantitative estimate of drug-likeness (QED) is 0.665. The molecule has 1 aromatic carbocycles. The van der Waals surface area contributed by atoms with Crippen LogP contribution in [0.15, 0.2) is 24.3 Å². The molecule has 1 amide bonds. The maximum absolute atomic E-state index is 12.5. The summed E-state index contributed by atoms with van der Waals surface area (Å²) in [5.41, 5.74) is 0.633. The Morgan fingerprint density at radius 3 is 2.76 bits per heavy atom. The number of nitro benzene ring substituents is 1. The van der Waals surface area contributed by atoms with Crippen LogP contribution in [0.4, 0.5) is 5.69 Å². The molecule has 2 fully saturated rings. The Bertz CT molecular complexity index is 567. The Balaban J connectivity index is 1.74. The average molecular weight is 289 g/mol. The third kappa shape index (κ3) is 2.76. The van der Waals surface area contributed by atoms with Crippen molar-refractivity contribution in [2.75, 3.05) is 26.2 Å². The van der Waals surface area contributed by atoms with E-state index in [-0.39, 0.29) is 17.0 Å². The molecule has 0 saturated carbocycles. The highest BCUT2D eigenvalue weighted by Gasteiger charge is 2.40. The number of rotatable bonds is 2. The highest BCUT2D eigenvalue weighted by molar-refractivity contribution is 5.95. The van der Waals surface area contributed by atoms with Crippen molar-refractivity contribution in [2.45, 2.75) is 19.3 Å². The molecule has 112 valence electrons. The number of nitrogens with one attached hydrogen (secondary N) is 1. The van der Waals surface area contributed by atoms with Crippen LogP contribution in [0.5, 0.6) is 0 Å². The fourth-order valence-corrected chi connectivity index (χ4v) is 3.41. The van der Waals surface area contributed by atoms with Gasteiger partial charge < -0.3 is 10.2 Å². The molecule has 6 heteroatoms. The summed E-state index contributed by atoms with van der Waals surface area (Å²) in [6.07, 6.45) is 3.24. The molecule has 0 unspecified atom stereocenters. The lowest BCUT2D eigenvalue weighted by Gasteiger charge is -2.33. The molecule has 1 spiro atoms. The van der Waals surface area contributed by atoms with Crippen molar-refractivity contribution < 1.29 is 9.72 Å². The second-order valence-electron chi connectivity index (χ2n) is 6.03. The highest BCUT2D eigenvalue weighted by atomic mass is 16.6. The molecule has 21 heavy (non-hydrogen) atoms. The average Bonchev–Trinajstić information content (AvgIpc) is 2.91. The SMILES string of the molecule is O=C(c1cccc([N+](=O)[O-])c1)N1CCC2(CCNCC2)C1. The number of carbonyl (C=O) groups excluding carboxylic acids is 1. The van der Waals surface area contributed by atoms with Crippen LogP contribution >= 0.6 is 0 Å². The topological polar surface area (TPSA) is 75.5 Å². The summed E-state index contributed by atoms with van der Waals surface area (Å²) in [6, 6.07) is 6.01. The molecular weight excluding hydrogens is 270 g/mol. The molecule has 2 aliphatic rings. The van der Waals surface area contributed by atoms with E-state index in [1.807, 2.05) is 4.90 Å². The second kappa shape index (κ2) is 5.44. The molecule has 0 aliphatic carbocycles. The summed E-state index contributed by atoms with van der Waals surface area (Å²) in [5.74, 6) is -0.0888. The number of benzene rings is 1. The first-order valence-corrected chi connectivity index (χ1v) is 7.34. The van der Waals surface area contributed by atoms with Crippen LogP contribution in [0.1, 0.15) is 29.6 Å². The molecule has 0 aromatic heterocycles. The van der Waals surface area contributed by atoms with Gasteiger partial charge in [-0.15, -0.1) is 0 Å². The largest absolute Gasteiger partial charge is 0.338 e. The van der Waals surface area contributed by atoms with E-state index in [4.69, 9.17) is 0 Å². The Kier molecular flexibility index (Phi) is 3.63. The number of hydrogen-bond donors (Lipinski definition) is 1. The molecule has 3 rings (SSSR count). The number of nitro groups is 1. The van der Waals surface area contributed by atoms with Crippen molar-refractivity contribution >= 4 is 11.6 Å². The van der Waals surface area contributed by atoms with Gasteiger partial charge in [0.05, 0.1) is 4.92 Å². The van der Waals surface area contributed by atoms with Crippen LogP contribution in [-0.2, 0) is 0 Å². The zero-order valence-electron chi connectivity index (χ0n) is 11.9. The summed E-state index contributed by atoms with van der Waals surface area (Å²) in [6.45, 7) is 3.55. The van der Waals surface area contributed by atoms with Crippen LogP contribution in [0.2, 0.25) is 0 Å². The molecule has 1 aromatic rings. The van der Waals surface area contributed by atoms with Gasteiger partial charge in [-0.1, -0.05) is 6.07 Å². The van der Waals surface area contributed by atoms with Gasteiger partial charge in [-0.05, 0) is 43.8 Å². The van der Waals surface area contributed by atoms with E-state index in [1.54, 1.807) is 12.1 Å². The molecule has 0 radical (unpaired) electrons. The minimum Gasteiger partial charge on any atom is -0.338 e. The number of hydrogen-bond acceptors (Lipinski definition) is 4. The molecule has 2 saturated heterocycles. The maximum Gasteiger partial charge on any atom is 0.270 e. The van der Waals surface area contributed by atoms with Gasteiger partial charge in [-0.3, -0.25) is 14.9 Å². The summed E-state index contributed by atoms with van der Waals surface area (Å²) in [5, 5.41) is 14.2. The van der Waals surface area contributed by atoms with E-state index in [9.17, 15) is 14.9 Å². The summed E-state index contributed by atoms with van der Waals surface area (Å²) >= 11 is 0. The number of likely N-dealkylation sites (tertiary alicyclic amines) is 1. The molecule has 2 aliphatic heterocycles. The van der Waals surface area contributed by atoms with E-state index >= 15 is 0 Å². The Labute approximate surface area is 123 Å². The van der Waals surface area contributed by atoms with Gasteiger partial charge in [0.15, 0.2) is 0 Å². The zero-order valence-corrected chi connectivity index (χ0v) is 11.9. The van der Waals surface area contributed by atoms with Crippen molar-refractivity contribution in [2.24, 2.45) is 5.41 Å². The van der Waals surface area contributed by atoms with E-state index in [1.165, 1.54) is 12.1 Å². The van der Waals surface area contributed by atoms with Gasteiger partial charge in [-0.2, -0.15) is 0 Å². The van der Waals surface area contributed by atoms with Gasteiger partial charge in [0.1, 0.15) is 0 Å². The Morgan fingerprint density at radius 2 is 2.05 bits per heavy atom. The third-order valence-electron chi connectivity index (χ3n) is 4.69. The van der Waals surface area contributed by atoms with Crippen LogP contribution < -0.4 is 5.32 Å². The number of piperidine rings is 1. The first-order chi connectivity index (χ1) is 10.1. The van der Waals surface area contributed by atoms with Crippen molar-refractivity contribution in [1.29, 1.82) is 0 Å². The summed E-state index contributed by atoms with van der Waals surface area (Å²) in [7, 11) is 0. The lowest BCUT2D eigenvalue weighted by atomic mass is 9.78. The monoisotopic (exact) mass is 289 g/mol. The first-order valence-electron chi connectivity index (χ1n) is 7.34. The standard InChI is InChI=1S/C15H19N3O3/c19-14(12-2-1-3-13(10-12)18(20)21)17-9-6-15(11-17)4-7-16-8-5-15/h1-3,10,16H,4-9,11H2.